The van der Waals surface area contributed by atoms with E-state index in [0.29, 0.717) is 31.2 Å². The van der Waals surface area contributed by atoms with Crippen molar-refractivity contribution in [3.63, 3.8) is 0 Å². The van der Waals surface area contributed by atoms with Gasteiger partial charge in [-0.3, -0.25) is 4.79 Å². The van der Waals surface area contributed by atoms with E-state index in [2.05, 4.69) is 15.6 Å². The lowest BCUT2D eigenvalue weighted by atomic mass is 9.98. The van der Waals surface area contributed by atoms with Gasteiger partial charge in [0, 0.05) is 36.3 Å². The molecule has 1 fully saturated rings. The molecular weight excluding hydrogens is 318 g/mol. The molecule has 6 nitrogen and oxygen atoms in total. The molecular formula is C19H25N3O3. The molecule has 1 aromatic heterocycles. The maximum Gasteiger partial charge on any atom is 0.315 e. The molecule has 6 heteroatoms. The molecule has 25 heavy (non-hydrogen) atoms. The number of ether oxygens (including phenoxy) is 1. The standard InChI is InChI=1S/C19H25N3O3/c23-18-8-9-20-17-12-14(6-7-16(17)18)13-22-19(24)21-10-11-25-15-4-2-1-3-5-15/h6-9,12,15H,1-5,10-11,13H2,(H,20,23)(H2,21,22,24). The molecule has 2 aromatic rings. The van der Waals surface area contributed by atoms with Gasteiger partial charge < -0.3 is 20.4 Å². The number of carbonyl (C=O) groups is 1. The summed E-state index contributed by atoms with van der Waals surface area (Å²) in [6, 6.07) is 6.80. The number of benzene rings is 1. The molecule has 1 aliphatic rings. The summed E-state index contributed by atoms with van der Waals surface area (Å²) >= 11 is 0. The van der Waals surface area contributed by atoms with Crippen LogP contribution >= 0.6 is 0 Å². The highest BCUT2D eigenvalue weighted by Crippen LogP contribution is 2.19. The summed E-state index contributed by atoms with van der Waals surface area (Å²) in [6.07, 6.45) is 8.06. The zero-order chi connectivity index (χ0) is 17.5. The van der Waals surface area contributed by atoms with E-state index < -0.39 is 0 Å². The molecule has 0 radical (unpaired) electrons. The largest absolute Gasteiger partial charge is 0.376 e. The van der Waals surface area contributed by atoms with Crippen molar-refractivity contribution < 1.29 is 9.53 Å². The van der Waals surface area contributed by atoms with Gasteiger partial charge in [0.2, 0.25) is 0 Å². The third kappa shape index (κ3) is 5.06. The Kier molecular flexibility index (Phi) is 6.06. The predicted molar refractivity (Wildman–Crippen MR) is 97.6 cm³/mol. The van der Waals surface area contributed by atoms with E-state index in [0.717, 1.165) is 23.9 Å². The fourth-order valence-corrected chi connectivity index (χ4v) is 3.20. The Morgan fingerprint density at radius 1 is 1.16 bits per heavy atom. The van der Waals surface area contributed by atoms with Crippen LogP contribution in [0.3, 0.4) is 0 Å². The van der Waals surface area contributed by atoms with Gasteiger partial charge in [0.25, 0.3) is 0 Å². The van der Waals surface area contributed by atoms with Crippen molar-refractivity contribution in [1.29, 1.82) is 0 Å². The SMILES string of the molecule is O=C(NCCOC1CCCCC1)NCc1ccc2c(=O)cc[nH]c2c1. The molecule has 3 rings (SSSR count). The van der Waals surface area contributed by atoms with Crippen LogP contribution in [0.1, 0.15) is 37.7 Å². The van der Waals surface area contributed by atoms with E-state index in [4.69, 9.17) is 4.74 Å². The molecule has 1 aliphatic carbocycles. The van der Waals surface area contributed by atoms with Gasteiger partial charge >= 0.3 is 6.03 Å². The summed E-state index contributed by atoms with van der Waals surface area (Å²) in [5, 5.41) is 6.27. The number of aromatic amines is 1. The van der Waals surface area contributed by atoms with Crippen LogP contribution in [-0.2, 0) is 11.3 Å². The van der Waals surface area contributed by atoms with Crippen LogP contribution in [0.2, 0.25) is 0 Å². The number of hydrogen-bond acceptors (Lipinski definition) is 3. The van der Waals surface area contributed by atoms with Crippen molar-refractivity contribution in [2.24, 2.45) is 0 Å². The molecule has 0 spiro atoms. The van der Waals surface area contributed by atoms with Gasteiger partial charge in [0.1, 0.15) is 0 Å². The fraction of sp³-hybridized carbons (Fsp3) is 0.474. The molecule has 1 aromatic carbocycles. The second-order valence-corrected chi connectivity index (χ2v) is 6.46. The number of amides is 2. The lowest BCUT2D eigenvalue weighted by Gasteiger charge is -2.22. The van der Waals surface area contributed by atoms with Crippen LogP contribution in [0.15, 0.2) is 35.3 Å². The van der Waals surface area contributed by atoms with Gasteiger partial charge in [-0.25, -0.2) is 4.79 Å². The van der Waals surface area contributed by atoms with Gasteiger partial charge in [0.15, 0.2) is 5.43 Å². The number of H-pyrrole nitrogens is 1. The molecule has 1 heterocycles. The topological polar surface area (TPSA) is 83.2 Å². The first-order valence-corrected chi connectivity index (χ1v) is 8.96. The minimum atomic E-state index is -0.214. The summed E-state index contributed by atoms with van der Waals surface area (Å²) in [6.45, 7) is 1.46. The average molecular weight is 343 g/mol. The number of fused-ring (bicyclic) bond motifs is 1. The fourth-order valence-electron chi connectivity index (χ4n) is 3.20. The number of nitrogens with one attached hydrogen (secondary N) is 3. The van der Waals surface area contributed by atoms with Gasteiger partial charge in [-0.05, 0) is 30.5 Å². The zero-order valence-corrected chi connectivity index (χ0v) is 14.3. The van der Waals surface area contributed by atoms with E-state index in [9.17, 15) is 9.59 Å². The highest BCUT2D eigenvalue weighted by atomic mass is 16.5. The molecule has 0 bridgehead atoms. The Morgan fingerprint density at radius 2 is 2.00 bits per heavy atom. The van der Waals surface area contributed by atoms with Crippen LogP contribution in [0.25, 0.3) is 10.9 Å². The molecule has 0 saturated heterocycles. The number of carbonyl (C=O) groups excluding carboxylic acids is 1. The van der Waals surface area contributed by atoms with Crippen LogP contribution in [0.5, 0.6) is 0 Å². The molecule has 0 aliphatic heterocycles. The Labute approximate surface area is 147 Å². The van der Waals surface area contributed by atoms with E-state index in [1.807, 2.05) is 12.1 Å². The number of rotatable bonds is 6. The zero-order valence-electron chi connectivity index (χ0n) is 14.3. The lowest BCUT2D eigenvalue weighted by Crippen LogP contribution is -2.37. The number of hydrogen-bond donors (Lipinski definition) is 3. The van der Waals surface area contributed by atoms with Gasteiger partial charge in [-0.2, -0.15) is 0 Å². The first-order chi connectivity index (χ1) is 12.2. The summed E-state index contributed by atoms with van der Waals surface area (Å²) < 4.78 is 5.78. The molecule has 1 saturated carbocycles. The third-order valence-corrected chi connectivity index (χ3v) is 4.57. The molecule has 134 valence electrons. The smallest absolute Gasteiger partial charge is 0.315 e. The summed E-state index contributed by atoms with van der Waals surface area (Å²) in [7, 11) is 0. The number of urea groups is 1. The maximum absolute atomic E-state index is 11.8. The van der Waals surface area contributed by atoms with Crippen molar-refractivity contribution in [2.45, 2.75) is 44.8 Å². The minimum absolute atomic E-state index is 0.0102. The van der Waals surface area contributed by atoms with Gasteiger partial charge in [-0.15, -0.1) is 0 Å². The highest BCUT2D eigenvalue weighted by molar-refractivity contribution is 5.79. The van der Waals surface area contributed by atoms with Crippen molar-refractivity contribution in [3.05, 3.63) is 46.2 Å². The van der Waals surface area contributed by atoms with E-state index in [1.54, 1.807) is 12.3 Å². The van der Waals surface area contributed by atoms with E-state index >= 15 is 0 Å². The Balaban J connectivity index is 1.39. The molecule has 2 amide bonds. The van der Waals surface area contributed by atoms with E-state index in [1.165, 1.54) is 25.3 Å². The van der Waals surface area contributed by atoms with Crippen molar-refractivity contribution in [2.75, 3.05) is 13.2 Å². The van der Waals surface area contributed by atoms with Gasteiger partial charge in [0.05, 0.1) is 12.7 Å². The van der Waals surface area contributed by atoms with Crippen molar-refractivity contribution >= 4 is 16.9 Å². The number of pyridine rings is 1. The lowest BCUT2D eigenvalue weighted by molar-refractivity contribution is 0.0311. The second kappa shape index (κ2) is 8.67. The van der Waals surface area contributed by atoms with Crippen LogP contribution in [0, 0.1) is 0 Å². The molecule has 0 unspecified atom stereocenters. The van der Waals surface area contributed by atoms with E-state index in [-0.39, 0.29) is 11.5 Å². The normalized spacial score (nSPS) is 15.2. The highest BCUT2D eigenvalue weighted by Gasteiger charge is 2.13. The summed E-state index contributed by atoms with van der Waals surface area (Å²) in [4.78, 5) is 26.6. The second-order valence-electron chi connectivity index (χ2n) is 6.46. The Bertz CT molecular complexity index is 766. The van der Waals surface area contributed by atoms with Crippen molar-refractivity contribution in [1.82, 2.24) is 15.6 Å². The monoisotopic (exact) mass is 343 g/mol. The van der Waals surface area contributed by atoms with Crippen LogP contribution in [0.4, 0.5) is 4.79 Å². The number of aromatic nitrogens is 1. The quantitative estimate of drug-likeness (QED) is 0.705. The predicted octanol–water partition coefficient (Wildman–Crippen LogP) is 2.68. The van der Waals surface area contributed by atoms with Gasteiger partial charge in [-0.1, -0.05) is 25.3 Å². The molecule has 0 atom stereocenters. The minimum Gasteiger partial charge on any atom is -0.376 e. The average Bonchev–Trinajstić information content (AvgIpc) is 2.64. The summed E-state index contributed by atoms with van der Waals surface area (Å²) in [5.41, 5.74) is 1.69. The van der Waals surface area contributed by atoms with Crippen molar-refractivity contribution in [3.8, 4) is 0 Å². The molecule has 3 N–H and O–H groups in total. The Hall–Kier alpha value is -2.34. The van der Waals surface area contributed by atoms with Crippen LogP contribution in [-0.4, -0.2) is 30.3 Å². The first kappa shape index (κ1) is 17.5. The summed E-state index contributed by atoms with van der Waals surface area (Å²) in [5.74, 6) is 0. The maximum atomic E-state index is 11.8. The third-order valence-electron chi connectivity index (χ3n) is 4.57. The van der Waals surface area contributed by atoms with Crippen LogP contribution < -0.4 is 16.1 Å². The Morgan fingerprint density at radius 3 is 2.84 bits per heavy atom. The first-order valence-electron chi connectivity index (χ1n) is 8.96.